The van der Waals surface area contributed by atoms with Crippen LogP contribution in [0.1, 0.15) is 44.1 Å². The highest BCUT2D eigenvalue weighted by molar-refractivity contribution is 5.26. The second-order valence-electron chi connectivity index (χ2n) is 5.22. The van der Waals surface area contributed by atoms with Crippen molar-refractivity contribution in [1.29, 1.82) is 0 Å². The lowest BCUT2D eigenvalue weighted by Gasteiger charge is -2.17. The predicted octanol–water partition coefficient (Wildman–Crippen LogP) is 3.57. The Hall–Kier alpha value is -1.26. The van der Waals surface area contributed by atoms with E-state index in [1.165, 1.54) is 18.4 Å². The summed E-state index contributed by atoms with van der Waals surface area (Å²) in [6.45, 7) is 3.32. The van der Waals surface area contributed by atoms with Crippen LogP contribution in [0.2, 0.25) is 0 Å². The Kier molecular flexibility index (Phi) is 4.84. The van der Waals surface area contributed by atoms with Gasteiger partial charge in [0.1, 0.15) is 0 Å². The van der Waals surface area contributed by atoms with Crippen LogP contribution in [0.5, 0.6) is 0 Å². The number of hydrogen-bond donors (Lipinski definition) is 1. The van der Waals surface area contributed by atoms with Crippen molar-refractivity contribution in [2.24, 2.45) is 5.92 Å². The first-order chi connectivity index (χ1) is 8.86. The van der Waals surface area contributed by atoms with E-state index in [-0.39, 0.29) is 0 Å². The molecule has 1 aromatic rings. The fraction of sp³-hybridized carbons (Fsp3) is 0.529. The lowest BCUT2D eigenvalue weighted by Crippen LogP contribution is -2.32. The van der Waals surface area contributed by atoms with Crippen LogP contribution in [0, 0.1) is 18.3 Å². The molecule has 0 saturated heterocycles. The van der Waals surface area contributed by atoms with Gasteiger partial charge in [-0.2, -0.15) is 0 Å². The Morgan fingerprint density at radius 1 is 1.39 bits per heavy atom. The summed E-state index contributed by atoms with van der Waals surface area (Å²) in [4.78, 5) is 0. The van der Waals surface area contributed by atoms with Gasteiger partial charge in [0.05, 0.1) is 0 Å². The third kappa shape index (κ3) is 3.37. The lowest BCUT2D eigenvalue weighted by atomic mass is 10.0. The maximum Gasteiger partial charge on any atom is 0.0110 e. The zero-order chi connectivity index (χ0) is 12.8. The molecule has 96 valence electrons. The Morgan fingerprint density at radius 2 is 2.17 bits per heavy atom. The van der Waals surface area contributed by atoms with Gasteiger partial charge in [0.15, 0.2) is 0 Å². The highest BCUT2D eigenvalue weighted by Gasteiger charge is 2.42. The van der Waals surface area contributed by atoms with Crippen molar-refractivity contribution in [3.05, 3.63) is 35.9 Å². The Labute approximate surface area is 111 Å². The number of benzene rings is 1. The van der Waals surface area contributed by atoms with Crippen molar-refractivity contribution < 1.29 is 0 Å². The molecule has 0 bridgehead atoms. The molecule has 0 amide bonds. The maximum atomic E-state index is 5.39. The van der Waals surface area contributed by atoms with E-state index in [0.717, 1.165) is 31.2 Å². The molecule has 0 spiro atoms. The van der Waals surface area contributed by atoms with E-state index >= 15 is 0 Å². The molecule has 0 radical (unpaired) electrons. The van der Waals surface area contributed by atoms with Crippen LogP contribution in [0.4, 0.5) is 0 Å². The second-order valence-corrected chi connectivity index (χ2v) is 5.22. The summed E-state index contributed by atoms with van der Waals surface area (Å²) in [5.74, 6) is 4.30. The van der Waals surface area contributed by atoms with Crippen LogP contribution in [-0.2, 0) is 0 Å². The SMILES string of the molecule is C#CCCC(NCCC)C1CC1c1ccccc1. The quantitative estimate of drug-likeness (QED) is 0.720. The van der Waals surface area contributed by atoms with Crippen molar-refractivity contribution in [3.8, 4) is 12.3 Å². The van der Waals surface area contributed by atoms with E-state index in [1.54, 1.807) is 0 Å². The summed E-state index contributed by atoms with van der Waals surface area (Å²) < 4.78 is 0. The van der Waals surface area contributed by atoms with E-state index in [2.05, 4.69) is 48.5 Å². The summed E-state index contributed by atoms with van der Waals surface area (Å²) in [6, 6.07) is 11.5. The van der Waals surface area contributed by atoms with Crippen LogP contribution in [0.3, 0.4) is 0 Å². The fourth-order valence-corrected chi connectivity index (χ4v) is 2.78. The van der Waals surface area contributed by atoms with Crippen molar-refractivity contribution >= 4 is 0 Å². The van der Waals surface area contributed by atoms with Crippen molar-refractivity contribution in [2.45, 2.75) is 44.6 Å². The highest BCUT2D eigenvalue weighted by atomic mass is 14.9. The molecule has 3 unspecified atom stereocenters. The first kappa shape index (κ1) is 13.2. The van der Waals surface area contributed by atoms with E-state index in [4.69, 9.17) is 6.42 Å². The summed E-state index contributed by atoms with van der Waals surface area (Å²) in [7, 11) is 0. The zero-order valence-electron chi connectivity index (χ0n) is 11.2. The second kappa shape index (κ2) is 6.61. The first-order valence-electron chi connectivity index (χ1n) is 7.08. The minimum atomic E-state index is 0.603. The van der Waals surface area contributed by atoms with E-state index < -0.39 is 0 Å². The molecular formula is C17H23N. The topological polar surface area (TPSA) is 12.0 Å². The molecule has 1 aliphatic rings. The Morgan fingerprint density at radius 3 is 2.83 bits per heavy atom. The maximum absolute atomic E-state index is 5.39. The Balaban J connectivity index is 1.91. The molecule has 0 aromatic heterocycles. The smallest absolute Gasteiger partial charge is 0.0110 e. The molecule has 1 heteroatoms. The first-order valence-corrected chi connectivity index (χ1v) is 7.08. The lowest BCUT2D eigenvalue weighted by molar-refractivity contribution is 0.434. The summed E-state index contributed by atoms with van der Waals surface area (Å²) >= 11 is 0. The van der Waals surface area contributed by atoms with Crippen LogP contribution in [-0.4, -0.2) is 12.6 Å². The van der Waals surface area contributed by atoms with Crippen LogP contribution in [0.15, 0.2) is 30.3 Å². The minimum Gasteiger partial charge on any atom is -0.314 e. The van der Waals surface area contributed by atoms with E-state index in [0.29, 0.717) is 6.04 Å². The molecule has 1 nitrogen and oxygen atoms in total. The van der Waals surface area contributed by atoms with Crippen LogP contribution >= 0.6 is 0 Å². The molecule has 1 fully saturated rings. The van der Waals surface area contributed by atoms with Gasteiger partial charge in [-0.25, -0.2) is 0 Å². The molecule has 3 atom stereocenters. The van der Waals surface area contributed by atoms with Gasteiger partial charge in [-0.05, 0) is 43.2 Å². The number of hydrogen-bond acceptors (Lipinski definition) is 1. The number of terminal acetylenes is 1. The number of rotatable bonds is 7. The van der Waals surface area contributed by atoms with Crippen LogP contribution in [0.25, 0.3) is 0 Å². The molecule has 0 aliphatic heterocycles. The molecule has 1 saturated carbocycles. The van der Waals surface area contributed by atoms with Gasteiger partial charge in [-0.15, -0.1) is 12.3 Å². The predicted molar refractivity (Wildman–Crippen MR) is 77.4 cm³/mol. The summed E-state index contributed by atoms with van der Waals surface area (Å²) in [5.41, 5.74) is 1.49. The third-order valence-electron chi connectivity index (χ3n) is 3.84. The average molecular weight is 241 g/mol. The van der Waals surface area contributed by atoms with E-state index in [9.17, 15) is 0 Å². The van der Waals surface area contributed by atoms with Gasteiger partial charge in [0, 0.05) is 12.5 Å². The highest BCUT2D eigenvalue weighted by Crippen LogP contribution is 2.50. The largest absolute Gasteiger partial charge is 0.314 e. The third-order valence-corrected chi connectivity index (χ3v) is 3.84. The number of nitrogens with one attached hydrogen (secondary N) is 1. The summed E-state index contributed by atoms with van der Waals surface area (Å²) in [6.07, 6.45) is 9.90. The molecule has 18 heavy (non-hydrogen) atoms. The molecular weight excluding hydrogens is 218 g/mol. The van der Waals surface area contributed by atoms with Gasteiger partial charge < -0.3 is 5.32 Å². The molecule has 1 aromatic carbocycles. The van der Waals surface area contributed by atoms with Gasteiger partial charge in [0.25, 0.3) is 0 Å². The Bertz CT molecular complexity index is 390. The summed E-state index contributed by atoms with van der Waals surface area (Å²) in [5, 5.41) is 3.67. The van der Waals surface area contributed by atoms with Crippen molar-refractivity contribution in [1.82, 2.24) is 5.32 Å². The normalized spacial score (nSPS) is 23.3. The average Bonchev–Trinajstić information content (AvgIpc) is 3.20. The van der Waals surface area contributed by atoms with Crippen molar-refractivity contribution in [3.63, 3.8) is 0 Å². The molecule has 1 aliphatic carbocycles. The van der Waals surface area contributed by atoms with Gasteiger partial charge >= 0.3 is 0 Å². The van der Waals surface area contributed by atoms with Crippen LogP contribution < -0.4 is 5.32 Å². The van der Waals surface area contributed by atoms with Gasteiger partial charge in [-0.3, -0.25) is 0 Å². The molecule has 0 heterocycles. The van der Waals surface area contributed by atoms with Gasteiger partial charge in [-0.1, -0.05) is 37.3 Å². The molecule has 1 N–H and O–H groups in total. The minimum absolute atomic E-state index is 0.603. The van der Waals surface area contributed by atoms with Crippen molar-refractivity contribution in [2.75, 3.05) is 6.54 Å². The molecule has 2 rings (SSSR count). The standard InChI is InChI=1S/C17H23N/c1-3-5-11-17(18-12-4-2)16-13-15(16)14-9-7-6-8-10-14/h1,6-10,15-18H,4-5,11-13H2,2H3. The zero-order valence-corrected chi connectivity index (χ0v) is 11.2. The monoisotopic (exact) mass is 241 g/mol. The van der Waals surface area contributed by atoms with Gasteiger partial charge in [0.2, 0.25) is 0 Å². The van der Waals surface area contributed by atoms with E-state index in [1.807, 2.05) is 0 Å². The fourth-order valence-electron chi connectivity index (χ4n) is 2.78.